The summed E-state index contributed by atoms with van der Waals surface area (Å²) in [7, 11) is 0. The number of nitrogens with zero attached hydrogens (tertiary/aromatic N) is 3. The first-order chi connectivity index (χ1) is 9.09. The molecule has 2 fully saturated rings. The van der Waals surface area contributed by atoms with Crippen LogP contribution >= 0.6 is 0 Å². The molecule has 102 valence electrons. The van der Waals surface area contributed by atoms with Crippen LogP contribution in [0.4, 0.5) is 0 Å². The quantitative estimate of drug-likeness (QED) is 0.822. The Morgan fingerprint density at radius 2 is 2.05 bits per heavy atom. The highest BCUT2D eigenvalue weighted by molar-refractivity contribution is 5.16. The Morgan fingerprint density at radius 3 is 2.58 bits per heavy atom. The van der Waals surface area contributed by atoms with Gasteiger partial charge >= 0.3 is 0 Å². The van der Waals surface area contributed by atoms with Crippen molar-refractivity contribution in [2.75, 3.05) is 0 Å². The van der Waals surface area contributed by atoms with E-state index in [0.29, 0.717) is 17.8 Å². The van der Waals surface area contributed by atoms with Gasteiger partial charge in [-0.1, -0.05) is 26.7 Å². The minimum atomic E-state index is -0.00771. The van der Waals surface area contributed by atoms with E-state index in [1.165, 1.54) is 31.2 Å². The normalized spacial score (nSPS) is 23.5. The molecule has 0 aromatic carbocycles. The summed E-state index contributed by atoms with van der Waals surface area (Å²) in [6.45, 7) is 4.38. The van der Waals surface area contributed by atoms with Crippen LogP contribution in [0.3, 0.4) is 0 Å². The van der Waals surface area contributed by atoms with Crippen molar-refractivity contribution in [1.29, 1.82) is 5.26 Å². The molecule has 19 heavy (non-hydrogen) atoms. The lowest BCUT2D eigenvalue weighted by molar-refractivity contribution is -0.0300. The number of nitriles is 1. The van der Waals surface area contributed by atoms with Crippen molar-refractivity contribution in [3.8, 4) is 6.07 Å². The highest BCUT2D eigenvalue weighted by Crippen LogP contribution is 2.62. The highest BCUT2D eigenvalue weighted by Gasteiger charge is 2.56. The van der Waals surface area contributed by atoms with Crippen LogP contribution in [-0.2, 0) is 5.54 Å². The van der Waals surface area contributed by atoms with Crippen LogP contribution in [0.15, 0.2) is 12.4 Å². The van der Waals surface area contributed by atoms with E-state index in [4.69, 9.17) is 0 Å². The second-order valence-corrected chi connectivity index (χ2v) is 6.99. The van der Waals surface area contributed by atoms with Crippen molar-refractivity contribution in [2.45, 2.75) is 70.3 Å². The summed E-state index contributed by atoms with van der Waals surface area (Å²) in [6.07, 6.45) is 12.5. The van der Waals surface area contributed by atoms with Gasteiger partial charge in [0.1, 0.15) is 0 Å². The molecule has 2 aliphatic carbocycles. The average molecular weight is 257 g/mol. The molecule has 3 nitrogen and oxygen atoms in total. The summed E-state index contributed by atoms with van der Waals surface area (Å²) in [6, 6.07) is 2.39. The number of hydrogen-bond acceptors (Lipinski definition) is 2. The number of aromatic nitrogens is 2. The second kappa shape index (κ2) is 4.37. The molecule has 1 aromatic rings. The fraction of sp³-hybridized carbons (Fsp3) is 0.750. The zero-order valence-corrected chi connectivity index (χ0v) is 12.0. The summed E-state index contributed by atoms with van der Waals surface area (Å²) < 4.78 is 2.11. The smallest absolute Gasteiger partial charge is 0.0767 e. The van der Waals surface area contributed by atoms with Gasteiger partial charge in [0.25, 0.3) is 0 Å². The first-order valence-corrected chi connectivity index (χ1v) is 7.51. The number of rotatable bonds is 3. The topological polar surface area (TPSA) is 41.6 Å². The maximum Gasteiger partial charge on any atom is 0.0767 e. The van der Waals surface area contributed by atoms with Gasteiger partial charge in [0.05, 0.1) is 24.2 Å². The van der Waals surface area contributed by atoms with E-state index in [-0.39, 0.29) is 5.54 Å². The molecule has 2 aliphatic rings. The fourth-order valence-electron chi connectivity index (χ4n) is 4.23. The molecule has 0 saturated heterocycles. The molecule has 2 saturated carbocycles. The largest absolute Gasteiger partial charge is 0.265 e. The van der Waals surface area contributed by atoms with E-state index < -0.39 is 0 Å². The molecule has 0 unspecified atom stereocenters. The molecule has 0 amide bonds. The maximum atomic E-state index is 9.18. The highest BCUT2D eigenvalue weighted by atomic mass is 15.3. The molecule has 3 heteroatoms. The molecule has 0 aliphatic heterocycles. The van der Waals surface area contributed by atoms with E-state index in [9.17, 15) is 5.26 Å². The van der Waals surface area contributed by atoms with Crippen LogP contribution in [0.5, 0.6) is 0 Å². The third kappa shape index (κ3) is 1.98. The molecule has 0 N–H and O–H groups in total. The predicted molar refractivity (Wildman–Crippen MR) is 74.7 cm³/mol. The lowest BCUT2D eigenvalue weighted by Gasteiger charge is -2.54. The molecule has 3 rings (SSSR count). The molecule has 1 aromatic heterocycles. The average Bonchev–Trinajstić information content (AvgIpc) is 2.96. The molecule has 0 bridgehead atoms. The third-order valence-corrected chi connectivity index (χ3v) is 5.24. The summed E-state index contributed by atoms with van der Waals surface area (Å²) in [4.78, 5) is 0. The van der Waals surface area contributed by atoms with Crippen LogP contribution in [0, 0.1) is 16.7 Å². The van der Waals surface area contributed by atoms with Crippen molar-refractivity contribution >= 4 is 0 Å². The lowest BCUT2D eigenvalue weighted by atomic mass is 9.55. The van der Waals surface area contributed by atoms with Gasteiger partial charge in [-0.3, -0.25) is 4.68 Å². The minimum Gasteiger partial charge on any atom is -0.265 e. The Balaban J connectivity index is 1.84. The van der Waals surface area contributed by atoms with Gasteiger partial charge in [0, 0.05) is 6.20 Å². The van der Waals surface area contributed by atoms with Crippen LogP contribution in [0.25, 0.3) is 0 Å². The molecular weight excluding hydrogens is 234 g/mol. The van der Waals surface area contributed by atoms with Crippen LogP contribution in [-0.4, -0.2) is 9.78 Å². The standard InChI is InChI=1S/C16H23N3/c1-13(2)14-9-18-19(10-14)16(7-8-17)11-15(12-16)5-3-4-6-15/h9-10,13H,3-7,11-12H2,1-2H3. The van der Waals surface area contributed by atoms with Gasteiger partial charge in [-0.25, -0.2) is 0 Å². The Kier molecular flexibility index (Phi) is 2.92. The van der Waals surface area contributed by atoms with Crippen molar-refractivity contribution in [1.82, 2.24) is 9.78 Å². The zero-order chi connectivity index (χ0) is 13.5. The van der Waals surface area contributed by atoms with Crippen molar-refractivity contribution < 1.29 is 0 Å². The summed E-state index contributed by atoms with van der Waals surface area (Å²) in [5, 5.41) is 13.8. The second-order valence-electron chi connectivity index (χ2n) is 6.99. The van der Waals surface area contributed by atoms with E-state index in [1.54, 1.807) is 0 Å². The van der Waals surface area contributed by atoms with Gasteiger partial charge in [0.15, 0.2) is 0 Å². The van der Waals surface area contributed by atoms with Gasteiger partial charge in [-0.05, 0) is 42.6 Å². The van der Waals surface area contributed by atoms with Crippen LogP contribution in [0.2, 0.25) is 0 Å². The van der Waals surface area contributed by atoms with E-state index in [2.05, 4.69) is 35.9 Å². The van der Waals surface area contributed by atoms with Crippen LogP contribution < -0.4 is 0 Å². The van der Waals surface area contributed by atoms with Crippen LogP contribution in [0.1, 0.15) is 70.3 Å². The minimum absolute atomic E-state index is 0.00771. The first kappa shape index (κ1) is 12.7. The molecule has 1 spiro atoms. The first-order valence-electron chi connectivity index (χ1n) is 7.51. The van der Waals surface area contributed by atoms with E-state index >= 15 is 0 Å². The Morgan fingerprint density at radius 1 is 1.37 bits per heavy atom. The van der Waals surface area contributed by atoms with E-state index in [1.807, 2.05) is 6.20 Å². The SMILES string of the molecule is CC(C)c1cnn(C2(CC#N)CC3(CCCC3)C2)c1. The van der Waals surface area contributed by atoms with Crippen molar-refractivity contribution in [2.24, 2.45) is 5.41 Å². The Hall–Kier alpha value is -1.30. The van der Waals surface area contributed by atoms with Crippen molar-refractivity contribution in [3.05, 3.63) is 18.0 Å². The fourth-order valence-corrected chi connectivity index (χ4v) is 4.23. The Labute approximate surface area is 115 Å². The Bertz CT molecular complexity index is 492. The summed E-state index contributed by atoms with van der Waals surface area (Å²) in [5.41, 5.74) is 1.82. The molecule has 0 radical (unpaired) electrons. The molecule has 0 atom stereocenters. The van der Waals surface area contributed by atoms with Gasteiger partial charge in [-0.15, -0.1) is 0 Å². The maximum absolute atomic E-state index is 9.18. The van der Waals surface area contributed by atoms with Gasteiger partial charge in [-0.2, -0.15) is 10.4 Å². The third-order valence-electron chi connectivity index (χ3n) is 5.24. The monoisotopic (exact) mass is 257 g/mol. The molecular formula is C16H23N3. The number of hydrogen-bond donors (Lipinski definition) is 0. The molecule has 1 heterocycles. The van der Waals surface area contributed by atoms with Gasteiger partial charge in [0.2, 0.25) is 0 Å². The van der Waals surface area contributed by atoms with Crippen molar-refractivity contribution in [3.63, 3.8) is 0 Å². The summed E-state index contributed by atoms with van der Waals surface area (Å²) >= 11 is 0. The lowest BCUT2D eigenvalue weighted by Crippen LogP contribution is -2.52. The van der Waals surface area contributed by atoms with Gasteiger partial charge < -0.3 is 0 Å². The zero-order valence-electron chi connectivity index (χ0n) is 12.0. The summed E-state index contributed by atoms with van der Waals surface area (Å²) in [5.74, 6) is 0.508. The van der Waals surface area contributed by atoms with E-state index in [0.717, 1.165) is 12.8 Å². The predicted octanol–water partition coefficient (Wildman–Crippen LogP) is 3.97.